The standard InChI is InChI=1S/C25H33N2/c1-5-19(4)20-10-13-22(14-11-20)26-17-27(25-9-7-6-8-24(25)26)23-15-12-21(16-23)18(2)3/h6-11,13-14,17-19,21,23H,5,12,15-16H2,1-4H3/q+1. The fourth-order valence-corrected chi connectivity index (χ4v) is 4.68. The second kappa shape index (κ2) is 7.50. The average molecular weight is 362 g/mol. The highest BCUT2D eigenvalue weighted by atomic mass is 15.2. The van der Waals surface area contributed by atoms with Crippen LogP contribution in [0.15, 0.2) is 54.9 Å². The van der Waals surface area contributed by atoms with Crippen LogP contribution in [-0.4, -0.2) is 4.57 Å². The number of hydrogen-bond acceptors (Lipinski definition) is 0. The van der Waals surface area contributed by atoms with E-state index in [0.717, 1.165) is 11.8 Å². The predicted molar refractivity (Wildman–Crippen MR) is 113 cm³/mol. The van der Waals surface area contributed by atoms with E-state index in [2.05, 4.69) is 91.7 Å². The first-order valence-electron chi connectivity index (χ1n) is 10.7. The molecule has 2 nitrogen and oxygen atoms in total. The van der Waals surface area contributed by atoms with Crippen LogP contribution in [0.4, 0.5) is 0 Å². The molecule has 2 aromatic carbocycles. The van der Waals surface area contributed by atoms with Gasteiger partial charge in [0.1, 0.15) is 11.7 Å². The number of fused-ring (bicyclic) bond motifs is 1. The van der Waals surface area contributed by atoms with Gasteiger partial charge in [0.2, 0.25) is 6.33 Å². The van der Waals surface area contributed by atoms with Crippen LogP contribution in [0, 0.1) is 11.8 Å². The Morgan fingerprint density at radius 1 is 1.00 bits per heavy atom. The summed E-state index contributed by atoms with van der Waals surface area (Å²) in [6.07, 6.45) is 7.50. The molecule has 3 aromatic rings. The Morgan fingerprint density at radius 2 is 1.74 bits per heavy atom. The van der Waals surface area contributed by atoms with Gasteiger partial charge in [-0.3, -0.25) is 0 Å². The third kappa shape index (κ3) is 3.42. The minimum absolute atomic E-state index is 0.622. The van der Waals surface area contributed by atoms with Crippen molar-refractivity contribution in [1.82, 2.24) is 4.57 Å². The monoisotopic (exact) mass is 361 g/mol. The van der Waals surface area contributed by atoms with Gasteiger partial charge < -0.3 is 0 Å². The van der Waals surface area contributed by atoms with Crippen LogP contribution in [0.3, 0.4) is 0 Å². The smallest absolute Gasteiger partial charge is 0.227 e. The molecule has 3 unspecified atom stereocenters. The number of imidazole rings is 1. The maximum Gasteiger partial charge on any atom is 0.250 e. The highest BCUT2D eigenvalue weighted by Gasteiger charge is 2.33. The Labute approximate surface area is 163 Å². The van der Waals surface area contributed by atoms with Crippen molar-refractivity contribution in [3.63, 3.8) is 0 Å². The van der Waals surface area contributed by atoms with Crippen molar-refractivity contribution in [3.8, 4) is 5.69 Å². The average Bonchev–Trinajstić information content (AvgIpc) is 3.32. The molecular weight excluding hydrogens is 328 g/mol. The fraction of sp³-hybridized carbons (Fsp3) is 0.480. The molecule has 0 spiro atoms. The normalized spacial score (nSPS) is 21.2. The lowest BCUT2D eigenvalue weighted by Gasteiger charge is -2.13. The van der Waals surface area contributed by atoms with E-state index in [0.29, 0.717) is 12.0 Å². The molecule has 0 N–H and O–H groups in total. The van der Waals surface area contributed by atoms with E-state index in [9.17, 15) is 0 Å². The van der Waals surface area contributed by atoms with Gasteiger partial charge in [-0.25, -0.2) is 4.57 Å². The van der Waals surface area contributed by atoms with E-state index >= 15 is 0 Å². The van der Waals surface area contributed by atoms with E-state index in [-0.39, 0.29) is 0 Å². The van der Waals surface area contributed by atoms with Crippen molar-refractivity contribution in [3.05, 3.63) is 60.4 Å². The number of benzene rings is 2. The van der Waals surface area contributed by atoms with E-state index in [4.69, 9.17) is 0 Å². The van der Waals surface area contributed by atoms with Gasteiger partial charge in [0.05, 0.1) is 0 Å². The lowest BCUT2D eigenvalue weighted by molar-refractivity contribution is -0.698. The van der Waals surface area contributed by atoms with Gasteiger partial charge in [-0.1, -0.05) is 52.0 Å². The van der Waals surface area contributed by atoms with Crippen molar-refractivity contribution >= 4 is 11.0 Å². The Bertz CT molecular complexity index is 904. The van der Waals surface area contributed by atoms with Crippen molar-refractivity contribution in [1.29, 1.82) is 0 Å². The molecule has 27 heavy (non-hydrogen) atoms. The van der Waals surface area contributed by atoms with Crippen LogP contribution in [0.5, 0.6) is 0 Å². The third-order valence-electron chi connectivity index (χ3n) is 6.79. The molecule has 1 fully saturated rings. The van der Waals surface area contributed by atoms with Gasteiger partial charge in [-0.15, -0.1) is 0 Å². The minimum atomic E-state index is 0.622. The van der Waals surface area contributed by atoms with E-state index in [1.165, 1.54) is 48.0 Å². The molecule has 142 valence electrons. The summed E-state index contributed by atoms with van der Waals surface area (Å²) in [4.78, 5) is 0. The van der Waals surface area contributed by atoms with Gasteiger partial charge in [0.15, 0.2) is 11.0 Å². The summed E-state index contributed by atoms with van der Waals surface area (Å²) >= 11 is 0. The lowest BCUT2D eigenvalue weighted by Crippen LogP contribution is -2.37. The van der Waals surface area contributed by atoms with Gasteiger partial charge in [0, 0.05) is 0 Å². The second-order valence-electron chi connectivity index (χ2n) is 8.75. The summed E-state index contributed by atoms with van der Waals surface area (Å²) in [5, 5.41) is 0. The predicted octanol–water partition coefficient (Wildman–Crippen LogP) is 6.43. The van der Waals surface area contributed by atoms with Crippen LogP contribution in [-0.2, 0) is 0 Å². The maximum absolute atomic E-state index is 2.54. The van der Waals surface area contributed by atoms with E-state index in [1.54, 1.807) is 0 Å². The summed E-state index contributed by atoms with van der Waals surface area (Å²) in [5.41, 5.74) is 5.36. The molecule has 0 amide bonds. The topological polar surface area (TPSA) is 8.81 Å². The number of rotatable bonds is 5. The van der Waals surface area contributed by atoms with E-state index < -0.39 is 0 Å². The number of aromatic nitrogens is 2. The van der Waals surface area contributed by atoms with Crippen LogP contribution in [0.2, 0.25) is 0 Å². The zero-order chi connectivity index (χ0) is 19.0. The highest BCUT2D eigenvalue weighted by Crippen LogP contribution is 2.36. The zero-order valence-electron chi connectivity index (χ0n) is 17.2. The molecule has 0 saturated heterocycles. The Hall–Kier alpha value is -2.09. The first-order chi connectivity index (χ1) is 13.1. The second-order valence-corrected chi connectivity index (χ2v) is 8.75. The molecule has 4 rings (SSSR count). The number of hydrogen-bond donors (Lipinski definition) is 0. The summed E-state index contributed by atoms with van der Waals surface area (Å²) < 4.78 is 4.92. The van der Waals surface area contributed by atoms with Crippen LogP contribution in [0.1, 0.15) is 70.9 Å². The molecule has 0 aliphatic heterocycles. The summed E-state index contributed by atoms with van der Waals surface area (Å²) in [5.74, 6) is 2.27. The molecule has 1 aromatic heterocycles. The lowest BCUT2D eigenvalue weighted by atomic mass is 9.94. The van der Waals surface area contributed by atoms with E-state index in [1.807, 2.05) is 0 Å². The Morgan fingerprint density at radius 3 is 2.41 bits per heavy atom. The molecule has 2 heteroatoms. The molecule has 3 atom stereocenters. The van der Waals surface area contributed by atoms with Crippen molar-refractivity contribution in [2.75, 3.05) is 0 Å². The van der Waals surface area contributed by atoms with Gasteiger partial charge in [-0.2, -0.15) is 4.57 Å². The molecule has 1 saturated carbocycles. The van der Waals surface area contributed by atoms with Crippen molar-refractivity contribution in [2.24, 2.45) is 11.8 Å². The molecule has 0 bridgehead atoms. The van der Waals surface area contributed by atoms with Crippen molar-refractivity contribution < 1.29 is 4.57 Å². The van der Waals surface area contributed by atoms with Gasteiger partial charge in [-0.05, 0) is 73.3 Å². The molecule has 1 aliphatic rings. The van der Waals surface area contributed by atoms with Crippen LogP contribution >= 0.6 is 0 Å². The largest absolute Gasteiger partial charge is 0.250 e. The SMILES string of the molecule is CCC(C)c1ccc(-n2c[n+](C3CCC(C(C)C)C3)c3ccccc32)cc1. The van der Waals surface area contributed by atoms with Crippen LogP contribution in [0.25, 0.3) is 16.7 Å². The van der Waals surface area contributed by atoms with Crippen molar-refractivity contribution in [2.45, 2.75) is 65.3 Å². The Balaban J connectivity index is 1.72. The quantitative estimate of drug-likeness (QED) is 0.463. The third-order valence-corrected chi connectivity index (χ3v) is 6.79. The number of nitrogens with zero attached hydrogens (tertiary/aromatic N) is 2. The van der Waals surface area contributed by atoms with Gasteiger partial charge >= 0.3 is 0 Å². The summed E-state index contributed by atoms with van der Waals surface area (Å²) in [6.45, 7) is 9.31. The molecule has 0 radical (unpaired) electrons. The fourth-order valence-electron chi connectivity index (χ4n) is 4.68. The first kappa shape index (κ1) is 18.3. The molecular formula is C25H33N2+. The minimum Gasteiger partial charge on any atom is -0.227 e. The molecule has 1 aliphatic carbocycles. The highest BCUT2D eigenvalue weighted by molar-refractivity contribution is 5.74. The zero-order valence-corrected chi connectivity index (χ0v) is 17.2. The van der Waals surface area contributed by atoms with Crippen LogP contribution < -0.4 is 4.57 Å². The molecule has 1 heterocycles. The Kier molecular flexibility index (Phi) is 5.08. The summed E-state index contributed by atoms with van der Waals surface area (Å²) in [6, 6.07) is 18.6. The maximum atomic E-state index is 2.54. The van der Waals surface area contributed by atoms with Gasteiger partial charge in [0.25, 0.3) is 0 Å². The number of para-hydroxylation sites is 2. The first-order valence-corrected chi connectivity index (χ1v) is 10.7. The summed E-state index contributed by atoms with van der Waals surface area (Å²) in [7, 11) is 0.